The Labute approximate surface area is 172 Å². The van der Waals surface area contributed by atoms with E-state index < -0.39 is 10.0 Å². The Balaban J connectivity index is 1.66. The van der Waals surface area contributed by atoms with Crippen molar-refractivity contribution >= 4 is 50.2 Å². The summed E-state index contributed by atoms with van der Waals surface area (Å²) in [5.74, 6) is -0.300. The Morgan fingerprint density at radius 3 is 2.71 bits per heavy atom. The first-order chi connectivity index (χ1) is 13.4. The molecule has 1 N–H and O–H groups in total. The van der Waals surface area contributed by atoms with E-state index in [1.807, 2.05) is 6.07 Å². The summed E-state index contributed by atoms with van der Waals surface area (Å²) in [6, 6.07) is 15.4. The van der Waals surface area contributed by atoms with Crippen LogP contribution in [0.2, 0.25) is 5.02 Å². The predicted octanol–water partition coefficient (Wildman–Crippen LogP) is 4.80. The van der Waals surface area contributed by atoms with Crippen molar-refractivity contribution < 1.29 is 13.2 Å². The first kappa shape index (κ1) is 19.0. The molecule has 0 saturated heterocycles. The molecule has 8 heteroatoms. The largest absolute Gasteiger partial charge is 0.322 e. The average Bonchev–Trinajstić information content (AvgIpc) is 3.23. The maximum absolute atomic E-state index is 13.0. The highest BCUT2D eigenvalue weighted by atomic mass is 35.5. The van der Waals surface area contributed by atoms with Crippen molar-refractivity contribution in [2.24, 2.45) is 0 Å². The SMILES string of the molecule is O=C(Nc1ccc2c(c1)N(S(=O)(=O)c1cccs1)CCC2)c1cccc(Cl)c1. The second-order valence-electron chi connectivity index (χ2n) is 6.42. The third-order valence-electron chi connectivity index (χ3n) is 4.55. The quantitative estimate of drug-likeness (QED) is 0.644. The molecule has 1 aromatic heterocycles. The highest BCUT2D eigenvalue weighted by Crippen LogP contribution is 2.35. The summed E-state index contributed by atoms with van der Waals surface area (Å²) in [6.45, 7) is 0.416. The molecule has 28 heavy (non-hydrogen) atoms. The fourth-order valence-electron chi connectivity index (χ4n) is 3.22. The van der Waals surface area contributed by atoms with Gasteiger partial charge in [0, 0.05) is 22.8 Å². The number of anilines is 2. The van der Waals surface area contributed by atoms with E-state index in [0.29, 0.717) is 32.7 Å². The van der Waals surface area contributed by atoms with E-state index in [2.05, 4.69) is 5.32 Å². The molecule has 3 aromatic rings. The second kappa shape index (κ2) is 7.58. The number of hydrogen-bond acceptors (Lipinski definition) is 4. The maximum atomic E-state index is 13.0. The lowest BCUT2D eigenvalue weighted by molar-refractivity contribution is 0.102. The lowest BCUT2D eigenvalue weighted by Crippen LogP contribution is -2.35. The van der Waals surface area contributed by atoms with E-state index in [1.54, 1.807) is 53.9 Å². The van der Waals surface area contributed by atoms with Crippen LogP contribution in [-0.2, 0) is 16.4 Å². The number of benzene rings is 2. The number of thiophene rings is 1. The summed E-state index contributed by atoms with van der Waals surface area (Å²) < 4.78 is 27.8. The van der Waals surface area contributed by atoms with Crippen LogP contribution in [0, 0.1) is 0 Å². The van der Waals surface area contributed by atoms with Crippen LogP contribution in [-0.4, -0.2) is 20.9 Å². The first-order valence-electron chi connectivity index (χ1n) is 8.71. The van der Waals surface area contributed by atoms with Crippen molar-refractivity contribution in [2.75, 3.05) is 16.2 Å². The number of hydrogen-bond donors (Lipinski definition) is 1. The van der Waals surface area contributed by atoms with Crippen molar-refractivity contribution in [3.05, 3.63) is 76.1 Å². The van der Waals surface area contributed by atoms with Crippen LogP contribution in [0.15, 0.2) is 64.2 Å². The van der Waals surface area contributed by atoms with Crippen molar-refractivity contribution in [2.45, 2.75) is 17.1 Å². The predicted molar refractivity (Wildman–Crippen MR) is 113 cm³/mol. The number of sulfonamides is 1. The molecule has 144 valence electrons. The highest BCUT2D eigenvalue weighted by Gasteiger charge is 2.30. The lowest BCUT2D eigenvalue weighted by Gasteiger charge is -2.30. The van der Waals surface area contributed by atoms with Crippen LogP contribution in [0.1, 0.15) is 22.3 Å². The van der Waals surface area contributed by atoms with Gasteiger partial charge in [0.15, 0.2) is 0 Å². The van der Waals surface area contributed by atoms with E-state index in [9.17, 15) is 13.2 Å². The summed E-state index contributed by atoms with van der Waals surface area (Å²) in [6.07, 6.45) is 1.56. The van der Waals surface area contributed by atoms with Gasteiger partial charge in [0.1, 0.15) is 4.21 Å². The number of nitrogens with one attached hydrogen (secondary N) is 1. The van der Waals surface area contributed by atoms with Crippen molar-refractivity contribution in [1.82, 2.24) is 0 Å². The van der Waals surface area contributed by atoms with Gasteiger partial charge in [0.05, 0.1) is 5.69 Å². The number of carbonyl (C=O) groups excluding carboxylic acids is 1. The molecule has 0 atom stereocenters. The zero-order valence-electron chi connectivity index (χ0n) is 14.8. The summed E-state index contributed by atoms with van der Waals surface area (Å²) in [4.78, 5) is 12.5. The lowest BCUT2D eigenvalue weighted by atomic mass is 10.0. The number of carbonyl (C=O) groups is 1. The molecule has 0 radical (unpaired) electrons. The Morgan fingerprint density at radius 2 is 1.96 bits per heavy atom. The average molecular weight is 433 g/mol. The Bertz CT molecular complexity index is 1130. The standard InChI is InChI=1S/C20H17ClN2O3S2/c21-16-6-1-4-15(12-16)20(24)22-17-9-8-14-5-2-10-23(18(14)13-17)28(25,26)19-7-3-11-27-19/h1,3-4,6-9,11-13H,2,5,10H2,(H,22,24). The normalized spacial score (nSPS) is 13.8. The van der Waals surface area contributed by atoms with E-state index in [0.717, 1.165) is 18.4 Å². The number of fused-ring (bicyclic) bond motifs is 1. The Hall–Kier alpha value is -2.35. The summed E-state index contributed by atoms with van der Waals surface area (Å²) in [5.41, 5.74) is 2.54. The fraction of sp³-hybridized carbons (Fsp3) is 0.150. The van der Waals surface area contributed by atoms with Gasteiger partial charge in [-0.05, 0) is 60.2 Å². The number of rotatable bonds is 4. The van der Waals surface area contributed by atoms with Crippen LogP contribution in [0.5, 0.6) is 0 Å². The van der Waals surface area contributed by atoms with Gasteiger partial charge in [-0.2, -0.15) is 0 Å². The fourth-order valence-corrected chi connectivity index (χ4v) is 6.05. The van der Waals surface area contributed by atoms with Crippen molar-refractivity contribution in [3.8, 4) is 0 Å². The molecule has 1 amide bonds. The van der Waals surface area contributed by atoms with Crippen molar-refractivity contribution in [1.29, 1.82) is 0 Å². The number of halogens is 1. The molecule has 4 rings (SSSR count). The van der Waals surface area contributed by atoms with Gasteiger partial charge in [0.25, 0.3) is 15.9 Å². The molecule has 1 aliphatic heterocycles. The van der Waals surface area contributed by atoms with Crippen LogP contribution < -0.4 is 9.62 Å². The number of nitrogens with zero attached hydrogens (tertiary/aromatic N) is 1. The smallest absolute Gasteiger partial charge is 0.273 e. The number of amides is 1. The van der Waals surface area contributed by atoms with Gasteiger partial charge < -0.3 is 5.32 Å². The topological polar surface area (TPSA) is 66.5 Å². The minimum atomic E-state index is -3.61. The van der Waals surface area contributed by atoms with E-state index in [1.165, 1.54) is 15.6 Å². The zero-order valence-corrected chi connectivity index (χ0v) is 17.2. The zero-order chi connectivity index (χ0) is 19.7. The van der Waals surface area contributed by atoms with Crippen LogP contribution >= 0.6 is 22.9 Å². The summed E-state index contributed by atoms with van der Waals surface area (Å²) in [5, 5.41) is 5.05. The molecular weight excluding hydrogens is 416 g/mol. The van der Waals surface area contributed by atoms with Gasteiger partial charge in [-0.25, -0.2) is 8.42 Å². The highest BCUT2D eigenvalue weighted by molar-refractivity contribution is 7.94. The molecule has 5 nitrogen and oxygen atoms in total. The minimum Gasteiger partial charge on any atom is -0.322 e. The summed E-state index contributed by atoms with van der Waals surface area (Å²) in [7, 11) is -3.61. The molecular formula is C20H17ClN2O3S2. The van der Waals surface area contributed by atoms with Gasteiger partial charge in [0.2, 0.25) is 0 Å². The molecule has 0 saturated carbocycles. The molecule has 0 spiro atoms. The van der Waals surface area contributed by atoms with Gasteiger partial charge in [-0.3, -0.25) is 9.10 Å². The molecule has 1 aliphatic rings. The monoisotopic (exact) mass is 432 g/mol. The minimum absolute atomic E-state index is 0.300. The van der Waals surface area contributed by atoms with Crippen molar-refractivity contribution in [3.63, 3.8) is 0 Å². The van der Waals surface area contributed by atoms with E-state index in [4.69, 9.17) is 11.6 Å². The van der Waals surface area contributed by atoms with Gasteiger partial charge in [-0.1, -0.05) is 29.8 Å². The van der Waals surface area contributed by atoms with E-state index in [-0.39, 0.29) is 5.91 Å². The molecule has 2 aromatic carbocycles. The second-order valence-corrected chi connectivity index (χ2v) is 9.89. The molecule has 0 aliphatic carbocycles. The van der Waals surface area contributed by atoms with Crippen LogP contribution in [0.3, 0.4) is 0 Å². The molecule has 0 fully saturated rings. The van der Waals surface area contributed by atoms with Gasteiger partial charge >= 0.3 is 0 Å². The van der Waals surface area contributed by atoms with Crippen LogP contribution in [0.4, 0.5) is 11.4 Å². The molecule has 0 bridgehead atoms. The Kier molecular flexibility index (Phi) is 5.14. The van der Waals surface area contributed by atoms with E-state index >= 15 is 0 Å². The molecule has 2 heterocycles. The van der Waals surface area contributed by atoms with Crippen LogP contribution in [0.25, 0.3) is 0 Å². The van der Waals surface area contributed by atoms with Gasteiger partial charge in [-0.15, -0.1) is 11.3 Å². The molecule has 0 unspecified atom stereocenters. The first-order valence-corrected chi connectivity index (χ1v) is 11.4. The number of aryl methyl sites for hydroxylation is 1. The Morgan fingerprint density at radius 1 is 1.11 bits per heavy atom. The summed E-state index contributed by atoms with van der Waals surface area (Å²) >= 11 is 7.15. The third kappa shape index (κ3) is 3.65. The third-order valence-corrected chi connectivity index (χ3v) is 7.97. The maximum Gasteiger partial charge on any atom is 0.273 e.